The van der Waals surface area contributed by atoms with Gasteiger partial charge in [-0.2, -0.15) is 0 Å². The second kappa shape index (κ2) is 9.24. The number of para-hydroxylation sites is 1. The summed E-state index contributed by atoms with van der Waals surface area (Å²) in [7, 11) is 0. The summed E-state index contributed by atoms with van der Waals surface area (Å²) in [5.41, 5.74) is 1.24. The first-order valence-electron chi connectivity index (χ1n) is 10.0. The number of ether oxygens (including phenoxy) is 2. The van der Waals surface area contributed by atoms with Crippen LogP contribution in [0.25, 0.3) is 11.0 Å². The van der Waals surface area contributed by atoms with Crippen molar-refractivity contribution in [3.63, 3.8) is 0 Å². The summed E-state index contributed by atoms with van der Waals surface area (Å²) in [6.45, 7) is 5.92. The lowest BCUT2D eigenvalue weighted by atomic mass is 9.86. The largest absolute Gasteiger partial charge is 0.450 e. The molecule has 28 heavy (non-hydrogen) atoms. The van der Waals surface area contributed by atoms with Gasteiger partial charge < -0.3 is 19.2 Å². The first-order valence-corrected chi connectivity index (χ1v) is 10.0. The molecule has 2 unspecified atom stereocenters. The number of esters is 1. The molecule has 1 fully saturated rings. The van der Waals surface area contributed by atoms with E-state index in [0.29, 0.717) is 17.1 Å². The molecule has 1 amide bonds. The van der Waals surface area contributed by atoms with Gasteiger partial charge in [0.25, 0.3) is 5.91 Å². The predicted octanol–water partition coefficient (Wildman–Crippen LogP) is 4.21. The molecule has 0 radical (unpaired) electrons. The predicted molar refractivity (Wildman–Crippen MR) is 106 cm³/mol. The van der Waals surface area contributed by atoms with E-state index in [9.17, 15) is 9.59 Å². The van der Waals surface area contributed by atoms with Crippen molar-refractivity contribution in [2.24, 2.45) is 5.92 Å². The number of rotatable bonds is 7. The Hall–Kier alpha value is -2.34. The number of furan rings is 1. The molecule has 1 aromatic heterocycles. The molecule has 6 heteroatoms. The number of hydrogen-bond acceptors (Lipinski definition) is 5. The smallest absolute Gasteiger partial charge is 0.375 e. The lowest BCUT2D eigenvalue weighted by Crippen LogP contribution is -2.42. The molecular formula is C22H29NO5. The molecule has 0 saturated heterocycles. The Morgan fingerprint density at radius 3 is 2.71 bits per heavy atom. The summed E-state index contributed by atoms with van der Waals surface area (Å²) >= 11 is 0. The normalized spacial score (nSPS) is 19.7. The van der Waals surface area contributed by atoms with Gasteiger partial charge in [0.05, 0.1) is 12.7 Å². The number of carbonyl (C=O) groups is 2. The molecule has 2 aromatic rings. The minimum Gasteiger partial charge on any atom is -0.450 e. The Labute approximate surface area is 165 Å². The van der Waals surface area contributed by atoms with Crippen molar-refractivity contribution >= 4 is 22.8 Å². The average molecular weight is 387 g/mol. The van der Waals surface area contributed by atoms with E-state index in [2.05, 4.69) is 12.2 Å². The van der Waals surface area contributed by atoms with E-state index in [1.165, 1.54) is 6.42 Å². The highest BCUT2D eigenvalue weighted by Crippen LogP contribution is 2.28. The lowest BCUT2D eigenvalue weighted by Gasteiger charge is -2.29. The van der Waals surface area contributed by atoms with E-state index in [0.717, 1.165) is 24.6 Å². The molecule has 1 heterocycles. The fraction of sp³-hybridized carbons (Fsp3) is 0.545. The van der Waals surface area contributed by atoms with Gasteiger partial charge in [0.1, 0.15) is 5.58 Å². The van der Waals surface area contributed by atoms with E-state index in [1.54, 1.807) is 6.07 Å². The maximum Gasteiger partial charge on any atom is 0.375 e. The Morgan fingerprint density at radius 1 is 1.21 bits per heavy atom. The molecule has 6 nitrogen and oxygen atoms in total. The van der Waals surface area contributed by atoms with Crippen LogP contribution in [0, 0.1) is 5.92 Å². The van der Waals surface area contributed by atoms with E-state index in [4.69, 9.17) is 13.9 Å². The Bertz CT molecular complexity index is 825. The molecule has 0 aliphatic heterocycles. The number of amides is 1. The second-order valence-corrected chi connectivity index (χ2v) is 7.78. The van der Waals surface area contributed by atoms with Crippen molar-refractivity contribution < 1.29 is 23.5 Å². The van der Waals surface area contributed by atoms with Gasteiger partial charge in [-0.3, -0.25) is 4.79 Å². The quantitative estimate of drug-likeness (QED) is 0.720. The second-order valence-electron chi connectivity index (χ2n) is 7.78. The van der Waals surface area contributed by atoms with Crippen molar-refractivity contribution in [2.75, 3.05) is 6.61 Å². The van der Waals surface area contributed by atoms with Gasteiger partial charge in [0.15, 0.2) is 6.61 Å². The lowest BCUT2D eigenvalue weighted by molar-refractivity contribution is -0.125. The molecule has 1 aliphatic rings. The molecule has 1 N–H and O–H groups in total. The number of carbonyl (C=O) groups excluding carboxylic acids is 2. The summed E-state index contributed by atoms with van der Waals surface area (Å²) in [6, 6.07) is 7.55. The van der Waals surface area contributed by atoms with Gasteiger partial charge in [0, 0.05) is 17.0 Å². The van der Waals surface area contributed by atoms with E-state index >= 15 is 0 Å². The first kappa shape index (κ1) is 20.4. The van der Waals surface area contributed by atoms with Crippen LogP contribution in [0.1, 0.15) is 62.6 Å². The Kier molecular flexibility index (Phi) is 6.73. The fourth-order valence-electron chi connectivity index (χ4n) is 3.63. The SMILES string of the molecule is CC(C)OCc1c(C(=O)OCC(=O)NC2CCCCC2C)oc2ccccc12. The summed E-state index contributed by atoms with van der Waals surface area (Å²) in [5.74, 6) is -0.377. The van der Waals surface area contributed by atoms with Crippen molar-refractivity contribution in [2.45, 2.75) is 65.2 Å². The van der Waals surface area contributed by atoms with Crippen molar-refractivity contribution in [3.8, 4) is 0 Å². The van der Waals surface area contributed by atoms with E-state index in [-0.39, 0.29) is 37.0 Å². The van der Waals surface area contributed by atoms with Crippen LogP contribution < -0.4 is 5.32 Å². The minimum atomic E-state index is -0.648. The van der Waals surface area contributed by atoms with E-state index < -0.39 is 5.97 Å². The summed E-state index contributed by atoms with van der Waals surface area (Å²) < 4.78 is 16.6. The first-order chi connectivity index (χ1) is 13.5. The van der Waals surface area contributed by atoms with Crippen LogP contribution in [0.2, 0.25) is 0 Å². The zero-order valence-electron chi connectivity index (χ0n) is 16.8. The Morgan fingerprint density at radius 2 is 1.96 bits per heavy atom. The van der Waals surface area contributed by atoms with Gasteiger partial charge in [-0.25, -0.2) is 4.79 Å². The third kappa shape index (κ3) is 4.93. The van der Waals surface area contributed by atoms with E-state index in [1.807, 2.05) is 32.0 Å². The highest BCUT2D eigenvalue weighted by molar-refractivity contribution is 5.96. The number of nitrogens with one attached hydrogen (secondary N) is 1. The highest BCUT2D eigenvalue weighted by Gasteiger charge is 2.25. The van der Waals surface area contributed by atoms with Gasteiger partial charge in [-0.1, -0.05) is 38.0 Å². The van der Waals surface area contributed by atoms with Crippen LogP contribution >= 0.6 is 0 Å². The molecule has 3 rings (SSSR count). The fourth-order valence-corrected chi connectivity index (χ4v) is 3.63. The van der Waals surface area contributed by atoms with Crippen LogP contribution in [0.4, 0.5) is 0 Å². The molecule has 1 aliphatic carbocycles. The monoisotopic (exact) mass is 387 g/mol. The van der Waals surface area contributed by atoms with Crippen molar-refractivity contribution in [1.29, 1.82) is 0 Å². The van der Waals surface area contributed by atoms with Crippen LogP contribution in [-0.2, 0) is 20.9 Å². The number of hydrogen-bond donors (Lipinski definition) is 1. The summed E-state index contributed by atoms with van der Waals surface area (Å²) in [5, 5.41) is 3.80. The molecule has 0 spiro atoms. The third-order valence-electron chi connectivity index (χ3n) is 5.24. The van der Waals surface area contributed by atoms with Crippen LogP contribution in [0.15, 0.2) is 28.7 Å². The Balaban J connectivity index is 1.65. The zero-order valence-corrected chi connectivity index (χ0v) is 16.8. The molecule has 2 atom stereocenters. The van der Waals surface area contributed by atoms with Gasteiger partial charge in [-0.15, -0.1) is 0 Å². The zero-order chi connectivity index (χ0) is 20.1. The molecule has 152 valence electrons. The molecule has 0 bridgehead atoms. The summed E-state index contributed by atoms with van der Waals surface area (Å²) in [4.78, 5) is 24.8. The van der Waals surface area contributed by atoms with Crippen LogP contribution in [0.3, 0.4) is 0 Å². The van der Waals surface area contributed by atoms with Crippen LogP contribution in [0.5, 0.6) is 0 Å². The molecule has 1 saturated carbocycles. The van der Waals surface area contributed by atoms with Gasteiger partial charge >= 0.3 is 5.97 Å². The van der Waals surface area contributed by atoms with Crippen LogP contribution in [-0.4, -0.2) is 30.6 Å². The third-order valence-corrected chi connectivity index (χ3v) is 5.24. The molecular weight excluding hydrogens is 358 g/mol. The van der Waals surface area contributed by atoms with Gasteiger partial charge in [-0.05, 0) is 38.7 Å². The highest BCUT2D eigenvalue weighted by atomic mass is 16.5. The number of fused-ring (bicyclic) bond motifs is 1. The topological polar surface area (TPSA) is 77.8 Å². The number of benzene rings is 1. The van der Waals surface area contributed by atoms with Gasteiger partial charge in [0.2, 0.25) is 5.76 Å². The maximum absolute atomic E-state index is 12.6. The van der Waals surface area contributed by atoms with Crippen molar-refractivity contribution in [3.05, 3.63) is 35.6 Å². The molecule has 1 aromatic carbocycles. The summed E-state index contributed by atoms with van der Waals surface area (Å²) in [6.07, 6.45) is 4.42. The maximum atomic E-state index is 12.6. The average Bonchev–Trinajstić information content (AvgIpc) is 3.05. The van der Waals surface area contributed by atoms with Crippen molar-refractivity contribution in [1.82, 2.24) is 5.32 Å². The standard InChI is InChI=1S/C22H29NO5/c1-14(2)26-12-17-16-9-5-7-11-19(16)28-21(17)22(25)27-13-20(24)23-18-10-6-4-8-15(18)3/h5,7,9,11,14-15,18H,4,6,8,10,12-13H2,1-3H3,(H,23,24). The minimum absolute atomic E-state index is 0.0146.